The van der Waals surface area contributed by atoms with Gasteiger partial charge in [0.05, 0.1) is 18.8 Å². The molecular formula is C18H19N7O2. The van der Waals surface area contributed by atoms with Crippen molar-refractivity contribution in [1.82, 2.24) is 35.1 Å². The highest BCUT2D eigenvalue weighted by molar-refractivity contribution is 5.76. The van der Waals surface area contributed by atoms with Gasteiger partial charge in [-0.2, -0.15) is 4.80 Å². The van der Waals surface area contributed by atoms with Gasteiger partial charge in [-0.05, 0) is 18.6 Å². The molecule has 4 rings (SSSR count). The molecule has 3 heterocycles. The number of amides is 1. The molecule has 0 unspecified atom stereocenters. The molecular weight excluding hydrogens is 346 g/mol. The topological polar surface area (TPSA) is 110 Å². The van der Waals surface area contributed by atoms with Gasteiger partial charge >= 0.3 is 0 Å². The van der Waals surface area contributed by atoms with Crippen LogP contribution >= 0.6 is 0 Å². The Morgan fingerprint density at radius 3 is 2.89 bits per heavy atom. The number of tetrazole rings is 1. The minimum absolute atomic E-state index is 0.0149. The molecule has 1 aromatic carbocycles. The van der Waals surface area contributed by atoms with Crippen molar-refractivity contribution in [3.8, 4) is 11.4 Å². The third-order valence-electron chi connectivity index (χ3n) is 4.56. The highest BCUT2D eigenvalue weighted by Gasteiger charge is 2.24. The number of aromatic nitrogens is 6. The zero-order valence-electron chi connectivity index (χ0n) is 14.9. The number of hydrogen-bond donors (Lipinski definition) is 1. The molecule has 1 aliphatic heterocycles. The predicted octanol–water partition coefficient (Wildman–Crippen LogP) is 0.707. The fourth-order valence-electron chi connectivity index (χ4n) is 3.17. The molecule has 0 radical (unpaired) electrons. The summed E-state index contributed by atoms with van der Waals surface area (Å²) in [5, 5.41) is 12.4. The zero-order chi connectivity index (χ0) is 18.8. The number of H-pyrrole nitrogens is 1. The Bertz CT molecular complexity index is 1030. The number of carbonyl (C=O) groups is 1. The maximum atomic E-state index is 12.6. The Balaban J connectivity index is 1.39. The number of fused-ring (bicyclic) bond motifs is 1. The minimum Gasteiger partial charge on any atom is -0.336 e. The second-order valence-corrected chi connectivity index (χ2v) is 6.47. The largest absolute Gasteiger partial charge is 0.336 e. The molecule has 0 bridgehead atoms. The van der Waals surface area contributed by atoms with Crippen molar-refractivity contribution >= 4 is 5.91 Å². The molecule has 3 aromatic rings. The number of nitrogens with zero attached hydrogens (tertiary/aromatic N) is 6. The number of aryl methyl sites for hydroxylation is 2. The van der Waals surface area contributed by atoms with E-state index in [4.69, 9.17) is 0 Å². The summed E-state index contributed by atoms with van der Waals surface area (Å²) < 4.78 is 0. The second-order valence-electron chi connectivity index (χ2n) is 6.47. The molecule has 1 N–H and O–H groups in total. The van der Waals surface area contributed by atoms with E-state index in [2.05, 4.69) is 25.4 Å². The molecule has 0 atom stereocenters. The molecule has 138 valence electrons. The number of aromatic amines is 1. The fraction of sp³-hybridized carbons (Fsp3) is 0.333. The van der Waals surface area contributed by atoms with Gasteiger partial charge in [-0.3, -0.25) is 9.59 Å². The summed E-state index contributed by atoms with van der Waals surface area (Å²) in [4.78, 5) is 34.8. The number of benzene rings is 1. The average Bonchev–Trinajstić information content (AvgIpc) is 3.15. The molecule has 1 aliphatic rings. The highest BCUT2D eigenvalue weighted by Crippen LogP contribution is 2.15. The lowest BCUT2D eigenvalue weighted by molar-refractivity contribution is -0.132. The van der Waals surface area contributed by atoms with Crippen LogP contribution in [0.5, 0.6) is 0 Å². The van der Waals surface area contributed by atoms with Crippen LogP contribution < -0.4 is 5.56 Å². The van der Waals surface area contributed by atoms with Crippen LogP contribution in [0.25, 0.3) is 11.4 Å². The molecule has 0 fully saturated rings. The Hall–Kier alpha value is -3.36. The van der Waals surface area contributed by atoms with Gasteiger partial charge in [-0.15, -0.1) is 10.2 Å². The zero-order valence-corrected chi connectivity index (χ0v) is 14.9. The molecule has 9 nitrogen and oxygen atoms in total. The Kier molecular flexibility index (Phi) is 4.49. The lowest BCUT2D eigenvalue weighted by Crippen LogP contribution is -2.39. The van der Waals surface area contributed by atoms with E-state index < -0.39 is 0 Å². The van der Waals surface area contributed by atoms with E-state index in [1.54, 1.807) is 11.8 Å². The van der Waals surface area contributed by atoms with Crippen molar-refractivity contribution in [3.63, 3.8) is 0 Å². The van der Waals surface area contributed by atoms with Crippen molar-refractivity contribution in [2.75, 3.05) is 6.54 Å². The van der Waals surface area contributed by atoms with Crippen molar-refractivity contribution in [2.24, 2.45) is 0 Å². The smallest absolute Gasteiger partial charge is 0.254 e. The summed E-state index contributed by atoms with van der Waals surface area (Å²) in [6, 6.07) is 9.57. The number of carbonyl (C=O) groups excluding carboxylic acids is 1. The van der Waals surface area contributed by atoms with Crippen molar-refractivity contribution < 1.29 is 4.79 Å². The molecule has 0 spiro atoms. The van der Waals surface area contributed by atoms with Crippen LogP contribution in [0.3, 0.4) is 0 Å². The molecule has 9 heteroatoms. The monoisotopic (exact) mass is 365 g/mol. The van der Waals surface area contributed by atoms with Crippen LogP contribution in [0.1, 0.15) is 23.5 Å². The minimum atomic E-state index is -0.107. The maximum Gasteiger partial charge on any atom is 0.254 e. The Morgan fingerprint density at radius 1 is 1.26 bits per heavy atom. The van der Waals surface area contributed by atoms with Gasteiger partial charge in [0.15, 0.2) is 0 Å². The van der Waals surface area contributed by atoms with E-state index in [0.717, 1.165) is 5.56 Å². The molecule has 2 aromatic heterocycles. The Labute approximate surface area is 155 Å². The first kappa shape index (κ1) is 17.1. The first-order valence-corrected chi connectivity index (χ1v) is 8.80. The third-order valence-corrected chi connectivity index (χ3v) is 4.56. The van der Waals surface area contributed by atoms with E-state index >= 15 is 0 Å². The van der Waals surface area contributed by atoms with Crippen LogP contribution in [0.2, 0.25) is 0 Å². The molecule has 0 saturated heterocycles. The lowest BCUT2D eigenvalue weighted by Gasteiger charge is -2.27. The van der Waals surface area contributed by atoms with Crippen LogP contribution in [0.15, 0.2) is 35.1 Å². The van der Waals surface area contributed by atoms with Crippen molar-refractivity contribution in [3.05, 3.63) is 57.8 Å². The van der Waals surface area contributed by atoms with E-state index in [0.29, 0.717) is 49.0 Å². The number of rotatable bonds is 4. The molecule has 1 amide bonds. The van der Waals surface area contributed by atoms with Gasteiger partial charge < -0.3 is 9.88 Å². The fourth-order valence-corrected chi connectivity index (χ4v) is 3.17. The van der Waals surface area contributed by atoms with Gasteiger partial charge in [-0.1, -0.05) is 30.3 Å². The summed E-state index contributed by atoms with van der Waals surface area (Å²) in [5.41, 5.74) is 2.13. The number of hydrogen-bond acceptors (Lipinski definition) is 6. The van der Waals surface area contributed by atoms with Crippen molar-refractivity contribution in [2.45, 2.75) is 32.9 Å². The third kappa shape index (κ3) is 3.62. The van der Waals surface area contributed by atoms with Crippen LogP contribution in [0.4, 0.5) is 0 Å². The van der Waals surface area contributed by atoms with Gasteiger partial charge in [0, 0.05) is 24.1 Å². The normalized spacial score (nSPS) is 13.4. The summed E-state index contributed by atoms with van der Waals surface area (Å²) in [5.74, 6) is 1.08. The second kappa shape index (κ2) is 7.10. The maximum absolute atomic E-state index is 12.6. The van der Waals surface area contributed by atoms with E-state index in [-0.39, 0.29) is 17.9 Å². The van der Waals surface area contributed by atoms with Gasteiger partial charge in [0.25, 0.3) is 5.56 Å². The predicted molar refractivity (Wildman–Crippen MR) is 96.6 cm³/mol. The SMILES string of the molecule is Cc1nc2c(c(=O)[nH]1)CCN(C(=O)CCn1nnc(-c3ccccc3)n1)C2. The van der Waals surface area contributed by atoms with Crippen LogP contribution in [0, 0.1) is 6.92 Å². The van der Waals surface area contributed by atoms with Crippen LogP contribution in [-0.2, 0) is 24.3 Å². The van der Waals surface area contributed by atoms with Gasteiger partial charge in [0.1, 0.15) is 5.82 Å². The quantitative estimate of drug-likeness (QED) is 0.729. The number of nitrogens with one attached hydrogen (secondary N) is 1. The van der Waals surface area contributed by atoms with Gasteiger partial charge in [-0.25, -0.2) is 4.98 Å². The molecule has 27 heavy (non-hydrogen) atoms. The molecule has 0 saturated carbocycles. The van der Waals surface area contributed by atoms with E-state index in [9.17, 15) is 9.59 Å². The summed E-state index contributed by atoms with van der Waals surface area (Å²) in [7, 11) is 0. The van der Waals surface area contributed by atoms with Crippen LogP contribution in [-0.4, -0.2) is 47.5 Å². The Morgan fingerprint density at radius 2 is 2.07 bits per heavy atom. The first-order chi connectivity index (χ1) is 13.1. The van der Waals surface area contributed by atoms with Gasteiger partial charge in [0.2, 0.25) is 11.7 Å². The first-order valence-electron chi connectivity index (χ1n) is 8.80. The van der Waals surface area contributed by atoms with E-state index in [1.165, 1.54) is 4.80 Å². The molecule has 0 aliphatic carbocycles. The van der Waals surface area contributed by atoms with Crippen molar-refractivity contribution in [1.29, 1.82) is 0 Å². The summed E-state index contributed by atoms with van der Waals surface area (Å²) in [6.07, 6.45) is 0.783. The van der Waals surface area contributed by atoms with E-state index in [1.807, 2.05) is 30.3 Å². The highest BCUT2D eigenvalue weighted by atomic mass is 16.2. The average molecular weight is 365 g/mol. The standard InChI is InChI=1S/C18H19N7O2/c1-12-19-15-11-24(9-7-14(15)18(27)20-12)16(26)8-10-25-22-17(21-23-25)13-5-3-2-4-6-13/h2-6H,7-11H2,1H3,(H,19,20,27). The summed E-state index contributed by atoms with van der Waals surface area (Å²) >= 11 is 0. The summed E-state index contributed by atoms with van der Waals surface area (Å²) in [6.45, 7) is 2.96. The lowest BCUT2D eigenvalue weighted by atomic mass is 10.1.